The van der Waals surface area contributed by atoms with Gasteiger partial charge in [0.05, 0.1) is 6.20 Å². The zero-order valence-corrected chi connectivity index (χ0v) is 4.41. The maximum absolute atomic E-state index is 5.33. The quantitative estimate of drug-likeness (QED) is 0.327. The molecule has 0 atom stereocenters. The molecule has 0 bridgehead atoms. The van der Waals surface area contributed by atoms with E-state index in [9.17, 15) is 0 Å². The highest BCUT2D eigenvalue weighted by molar-refractivity contribution is 5.66. The zero-order valence-electron chi connectivity index (χ0n) is 4.41. The number of hydrazine groups is 1. The predicted octanol–water partition coefficient (Wildman–Crippen LogP) is -0.468. The molecule has 0 aliphatic carbocycles. The average Bonchev–Trinajstić information content (AvgIpc) is 1.94. The molecule has 3 nitrogen and oxygen atoms in total. The highest BCUT2D eigenvalue weighted by atomic mass is 15.3. The lowest BCUT2D eigenvalue weighted by Crippen LogP contribution is -2.12. The van der Waals surface area contributed by atoms with Crippen molar-refractivity contribution >= 4 is 6.21 Å². The number of allylic oxidation sites excluding steroid dienone is 1. The molecule has 1 heterocycles. The van der Waals surface area contributed by atoms with E-state index in [4.69, 9.17) is 5.84 Å². The third-order valence-electron chi connectivity index (χ3n) is 0.794. The molecule has 0 aromatic rings. The van der Waals surface area contributed by atoms with Crippen LogP contribution in [0.25, 0.3) is 0 Å². The van der Waals surface area contributed by atoms with E-state index >= 15 is 0 Å². The summed E-state index contributed by atoms with van der Waals surface area (Å²) >= 11 is 0. The molecular weight excluding hydrogens is 102 g/mol. The molecular formula is C5H8N3+. The van der Waals surface area contributed by atoms with Crippen LogP contribution in [0.2, 0.25) is 0 Å². The van der Waals surface area contributed by atoms with Crippen LogP contribution in [0.15, 0.2) is 24.7 Å². The Labute approximate surface area is 47.8 Å². The average molecular weight is 110 g/mol. The second-order valence-electron chi connectivity index (χ2n) is 1.44. The van der Waals surface area contributed by atoms with Crippen LogP contribution < -0.4 is 11.2 Å². The van der Waals surface area contributed by atoms with Gasteiger partial charge in [0.1, 0.15) is 0 Å². The molecule has 1 aliphatic rings. The van der Waals surface area contributed by atoms with Gasteiger partial charge in [-0.15, -0.1) is 0 Å². The van der Waals surface area contributed by atoms with Crippen molar-refractivity contribution in [2.24, 2.45) is 5.84 Å². The molecule has 0 amide bonds. The molecule has 0 saturated heterocycles. The van der Waals surface area contributed by atoms with Gasteiger partial charge in [-0.1, -0.05) is 4.68 Å². The first-order valence-electron chi connectivity index (χ1n) is 2.35. The summed E-state index contributed by atoms with van der Waals surface area (Å²) in [5.41, 5.74) is 0. The maximum atomic E-state index is 5.33. The van der Waals surface area contributed by atoms with E-state index < -0.39 is 0 Å². The molecule has 0 fully saturated rings. The Balaban J connectivity index is 2.73. The summed E-state index contributed by atoms with van der Waals surface area (Å²) in [4.78, 5) is 0. The van der Waals surface area contributed by atoms with E-state index in [0.717, 1.165) is 0 Å². The Morgan fingerprint density at radius 1 is 1.38 bits per heavy atom. The second kappa shape index (κ2) is 2.16. The van der Waals surface area contributed by atoms with Gasteiger partial charge in [0.2, 0.25) is 12.4 Å². The van der Waals surface area contributed by atoms with Crippen molar-refractivity contribution in [2.75, 3.05) is 0 Å². The van der Waals surface area contributed by atoms with Crippen LogP contribution in [0, 0.1) is 0 Å². The summed E-state index contributed by atoms with van der Waals surface area (Å²) < 4.78 is 1.47. The van der Waals surface area contributed by atoms with Crippen LogP contribution in [-0.4, -0.2) is 10.9 Å². The highest BCUT2D eigenvalue weighted by Crippen LogP contribution is 1.72. The highest BCUT2D eigenvalue weighted by Gasteiger charge is 1.86. The number of nitrogens with zero attached hydrogens (tertiary/aromatic N) is 1. The molecule has 3 N–H and O–H groups in total. The summed E-state index contributed by atoms with van der Waals surface area (Å²) in [5, 5.41) is 2.86. The van der Waals surface area contributed by atoms with Crippen molar-refractivity contribution < 1.29 is 4.68 Å². The summed E-state index contributed by atoms with van der Waals surface area (Å²) in [7, 11) is 0. The van der Waals surface area contributed by atoms with Gasteiger partial charge >= 0.3 is 0 Å². The fourth-order valence-corrected chi connectivity index (χ4v) is 0.432. The van der Waals surface area contributed by atoms with Gasteiger partial charge in [0, 0.05) is 12.3 Å². The Kier molecular flexibility index (Phi) is 1.32. The van der Waals surface area contributed by atoms with Gasteiger partial charge in [0.15, 0.2) is 0 Å². The third kappa shape index (κ3) is 1.11. The van der Waals surface area contributed by atoms with Crippen molar-refractivity contribution in [3.8, 4) is 0 Å². The molecule has 3 heteroatoms. The molecule has 1 aliphatic heterocycles. The van der Waals surface area contributed by atoms with Crippen molar-refractivity contribution in [2.45, 2.75) is 0 Å². The lowest BCUT2D eigenvalue weighted by Gasteiger charge is -1.78. The normalized spacial score (nSPS) is 16.8. The van der Waals surface area contributed by atoms with Crippen LogP contribution in [-0.2, 0) is 0 Å². The van der Waals surface area contributed by atoms with Gasteiger partial charge in [-0.05, 0) is 0 Å². The van der Waals surface area contributed by atoms with Crippen LogP contribution in [0.3, 0.4) is 0 Å². The van der Waals surface area contributed by atoms with E-state index in [0.29, 0.717) is 0 Å². The van der Waals surface area contributed by atoms with Crippen molar-refractivity contribution in [3.05, 3.63) is 24.7 Å². The molecule has 8 heavy (non-hydrogen) atoms. The van der Waals surface area contributed by atoms with Crippen molar-refractivity contribution in [3.63, 3.8) is 0 Å². The number of nitrogens with one attached hydrogen (secondary N) is 1. The van der Waals surface area contributed by atoms with Gasteiger partial charge in [-0.2, -0.15) is 0 Å². The number of hydrogen-bond acceptors (Lipinski definition) is 2. The molecule has 0 aromatic carbocycles. The van der Waals surface area contributed by atoms with Crippen LogP contribution >= 0.6 is 0 Å². The molecule has 1 rings (SSSR count). The van der Waals surface area contributed by atoms with Gasteiger partial charge in [0.25, 0.3) is 0 Å². The fraction of sp³-hybridized carbons (Fsp3) is 0. The minimum absolute atomic E-state index is 1.47. The lowest BCUT2D eigenvalue weighted by molar-refractivity contribution is -0.463. The first kappa shape index (κ1) is 4.90. The molecule has 0 spiro atoms. The van der Waals surface area contributed by atoms with Crippen LogP contribution in [0.5, 0.6) is 0 Å². The summed E-state index contributed by atoms with van der Waals surface area (Å²) in [6.45, 7) is 0. The standard InChI is InChI=1S/C5H7N3/c6-8-4-1-2-7-3-5-8/h1-5H,6H2/p+1. The number of rotatable bonds is 0. The molecule has 42 valence electrons. The van der Waals surface area contributed by atoms with Gasteiger partial charge in [-0.25, -0.2) is 5.84 Å². The maximum Gasteiger partial charge on any atom is 0.215 e. The Morgan fingerprint density at radius 3 is 3.12 bits per heavy atom. The largest absolute Gasteiger partial charge is 0.362 e. The monoisotopic (exact) mass is 110 g/mol. The van der Waals surface area contributed by atoms with E-state index in [-0.39, 0.29) is 0 Å². The third-order valence-corrected chi connectivity index (χ3v) is 0.794. The molecule has 0 saturated carbocycles. The summed E-state index contributed by atoms with van der Waals surface area (Å²) in [6, 6.07) is 0. The first-order valence-corrected chi connectivity index (χ1v) is 2.35. The van der Waals surface area contributed by atoms with E-state index in [1.165, 1.54) is 4.68 Å². The van der Waals surface area contributed by atoms with Crippen LogP contribution in [0.4, 0.5) is 0 Å². The van der Waals surface area contributed by atoms with E-state index in [1.807, 2.05) is 6.08 Å². The topological polar surface area (TPSA) is 41.1 Å². The number of nitrogens with two attached hydrogens (primary N) is 1. The number of hydrogen-bond donors (Lipinski definition) is 2. The Bertz CT molecular complexity index is 155. The second-order valence-corrected chi connectivity index (χ2v) is 1.44. The summed E-state index contributed by atoms with van der Waals surface area (Å²) in [5.74, 6) is 5.33. The lowest BCUT2D eigenvalue weighted by atomic mass is 10.7. The SMILES string of the molecule is N[N+]1=CC=CNC=C1. The van der Waals surface area contributed by atoms with Gasteiger partial charge in [-0.3, -0.25) is 0 Å². The predicted molar refractivity (Wildman–Crippen MR) is 31.9 cm³/mol. The molecule has 0 unspecified atom stereocenters. The Hall–Kier alpha value is -1.25. The zero-order chi connectivity index (χ0) is 5.82. The van der Waals surface area contributed by atoms with Crippen LogP contribution in [0.1, 0.15) is 0 Å². The van der Waals surface area contributed by atoms with E-state index in [1.54, 1.807) is 24.8 Å². The van der Waals surface area contributed by atoms with Gasteiger partial charge < -0.3 is 5.32 Å². The molecule has 0 aromatic heterocycles. The van der Waals surface area contributed by atoms with E-state index in [2.05, 4.69) is 5.32 Å². The minimum atomic E-state index is 1.47. The first-order chi connectivity index (χ1) is 3.89. The van der Waals surface area contributed by atoms with Crippen molar-refractivity contribution in [1.29, 1.82) is 0 Å². The fourth-order valence-electron chi connectivity index (χ4n) is 0.432. The van der Waals surface area contributed by atoms with Crippen molar-refractivity contribution in [1.82, 2.24) is 5.32 Å². The number of hydrazone groups is 1. The molecule has 0 radical (unpaired) electrons. The smallest absolute Gasteiger partial charge is 0.215 e. The summed E-state index contributed by atoms with van der Waals surface area (Å²) in [6.07, 6.45) is 8.83. The minimum Gasteiger partial charge on any atom is -0.362 e. The Morgan fingerprint density at radius 2 is 2.25 bits per heavy atom.